The van der Waals surface area contributed by atoms with Gasteiger partial charge in [-0.1, -0.05) is 5.92 Å². The molecule has 76 valence electrons. The average molecular weight is 195 g/mol. The second kappa shape index (κ2) is 4.66. The normalized spacial score (nSPS) is 24.9. The highest BCUT2D eigenvalue weighted by Gasteiger charge is 2.30. The van der Waals surface area contributed by atoms with Gasteiger partial charge < -0.3 is 10.4 Å². The SMILES string of the molecule is CC#CC(=O)N[C@@H]1CC[C@H](C(=O)O)C1. The van der Waals surface area contributed by atoms with E-state index in [1.165, 1.54) is 0 Å². The lowest BCUT2D eigenvalue weighted by Gasteiger charge is -2.08. The molecule has 0 aromatic heterocycles. The van der Waals surface area contributed by atoms with Crippen molar-refractivity contribution in [2.75, 3.05) is 0 Å². The Hall–Kier alpha value is -1.50. The molecule has 1 fully saturated rings. The summed E-state index contributed by atoms with van der Waals surface area (Å²) in [6.45, 7) is 1.59. The molecule has 14 heavy (non-hydrogen) atoms. The average Bonchev–Trinajstić information content (AvgIpc) is 2.53. The van der Waals surface area contributed by atoms with Gasteiger partial charge in [0.05, 0.1) is 5.92 Å². The number of carbonyl (C=O) groups excluding carboxylic acids is 1. The van der Waals surface area contributed by atoms with Gasteiger partial charge in [0.15, 0.2) is 0 Å². The van der Waals surface area contributed by atoms with Crippen LogP contribution in [0.25, 0.3) is 0 Å². The summed E-state index contributed by atoms with van der Waals surface area (Å²) < 4.78 is 0. The van der Waals surface area contributed by atoms with Crippen molar-refractivity contribution in [3.8, 4) is 11.8 Å². The molecule has 0 aromatic carbocycles. The Kier molecular flexibility index (Phi) is 3.52. The van der Waals surface area contributed by atoms with Gasteiger partial charge in [-0.15, -0.1) is 0 Å². The molecule has 1 rings (SSSR count). The topological polar surface area (TPSA) is 66.4 Å². The largest absolute Gasteiger partial charge is 0.481 e. The lowest BCUT2D eigenvalue weighted by atomic mass is 10.1. The summed E-state index contributed by atoms with van der Waals surface area (Å²) in [7, 11) is 0. The van der Waals surface area contributed by atoms with E-state index < -0.39 is 5.97 Å². The highest BCUT2D eigenvalue weighted by Crippen LogP contribution is 2.25. The minimum atomic E-state index is -0.775. The molecule has 1 aliphatic carbocycles. The van der Waals surface area contributed by atoms with E-state index in [2.05, 4.69) is 17.2 Å². The van der Waals surface area contributed by atoms with Crippen LogP contribution in [0.3, 0.4) is 0 Å². The van der Waals surface area contributed by atoms with Gasteiger partial charge in [0.1, 0.15) is 0 Å². The van der Waals surface area contributed by atoms with E-state index in [0.29, 0.717) is 12.8 Å². The third-order valence-electron chi connectivity index (χ3n) is 2.36. The maximum atomic E-state index is 11.0. The molecule has 1 aliphatic rings. The molecular formula is C10H13NO3. The first kappa shape index (κ1) is 10.6. The van der Waals surface area contributed by atoms with E-state index >= 15 is 0 Å². The van der Waals surface area contributed by atoms with Crippen LogP contribution in [-0.4, -0.2) is 23.0 Å². The first-order valence-electron chi connectivity index (χ1n) is 4.59. The molecule has 0 unspecified atom stereocenters. The summed E-state index contributed by atoms with van der Waals surface area (Å²) in [4.78, 5) is 21.7. The summed E-state index contributed by atoms with van der Waals surface area (Å²) >= 11 is 0. The van der Waals surface area contributed by atoms with Crippen LogP contribution < -0.4 is 5.32 Å². The van der Waals surface area contributed by atoms with Crippen LogP contribution in [0.15, 0.2) is 0 Å². The first-order chi connectivity index (χ1) is 6.63. The zero-order valence-corrected chi connectivity index (χ0v) is 8.04. The number of carboxylic acids is 1. The fourth-order valence-corrected chi connectivity index (χ4v) is 1.67. The Morgan fingerprint density at radius 3 is 2.64 bits per heavy atom. The number of carbonyl (C=O) groups is 2. The van der Waals surface area contributed by atoms with Gasteiger partial charge in [-0.2, -0.15) is 0 Å². The van der Waals surface area contributed by atoms with Crippen molar-refractivity contribution in [2.24, 2.45) is 5.92 Å². The first-order valence-corrected chi connectivity index (χ1v) is 4.59. The van der Waals surface area contributed by atoms with E-state index in [9.17, 15) is 9.59 Å². The van der Waals surface area contributed by atoms with Crippen molar-refractivity contribution in [1.29, 1.82) is 0 Å². The van der Waals surface area contributed by atoms with Crippen LogP contribution in [0.4, 0.5) is 0 Å². The Balaban J connectivity index is 2.38. The van der Waals surface area contributed by atoms with Gasteiger partial charge >= 0.3 is 5.97 Å². The van der Waals surface area contributed by atoms with Gasteiger partial charge in [0, 0.05) is 6.04 Å². The molecular weight excluding hydrogens is 182 g/mol. The van der Waals surface area contributed by atoms with Crippen LogP contribution in [0.5, 0.6) is 0 Å². The second-order valence-corrected chi connectivity index (χ2v) is 3.39. The molecule has 0 bridgehead atoms. The second-order valence-electron chi connectivity index (χ2n) is 3.39. The molecule has 0 heterocycles. The number of amides is 1. The zero-order valence-electron chi connectivity index (χ0n) is 8.04. The van der Waals surface area contributed by atoms with Gasteiger partial charge in [-0.05, 0) is 32.1 Å². The van der Waals surface area contributed by atoms with E-state index in [4.69, 9.17) is 5.11 Å². The molecule has 4 nitrogen and oxygen atoms in total. The summed E-state index contributed by atoms with van der Waals surface area (Å²) in [6.07, 6.45) is 1.89. The third kappa shape index (κ3) is 2.77. The third-order valence-corrected chi connectivity index (χ3v) is 2.36. The summed E-state index contributed by atoms with van der Waals surface area (Å²) in [5, 5.41) is 11.4. The van der Waals surface area contributed by atoms with Crippen LogP contribution in [0.2, 0.25) is 0 Å². The predicted octanol–water partition coefficient (Wildman–Crippen LogP) is 0.379. The van der Waals surface area contributed by atoms with E-state index in [-0.39, 0.29) is 17.9 Å². The lowest BCUT2D eigenvalue weighted by Crippen LogP contribution is -2.32. The summed E-state index contributed by atoms with van der Waals surface area (Å²) in [6, 6.07) is -0.0237. The Morgan fingerprint density at radius 2 is 2.14 bits per heavy atom. The van der Waals surface area contributed by atoms with Crippen LogP contribution >= 0.6 is 0 Å². The monoisotopic (exact) mass is 195 g/mol. The number of carboxylic acid groups (broad SMARTS) is 1. The zero-order chi connectivity index (χ0) is 10.6. The van der Waals surface area contributed by atoms with Crippen molar-refractivity contribution in [3.05, 3.63) is 0 Å². The molecule has 4 heteroatoms. The van der Waals surface area contributed by atoms with Gasteiger partial charge in [-0.25, -0.2) is 0 Å². The quantitative estimate of drug-likeness (QED) is 0.626. The number of rotatable bonds is 2. The Bertz CT molecular complexity index is 300. The van der Waals surface area contributed by atoms with Crippen LogP contribution in [-0.2, 0) is 9.59 Å². The lowest BCUT2D eigenvalue weighted by molar-refractivity contribution is -0.141. The van der Waals surface area contributed by atoms with Crippen molar-refractivity contribution in [2.45, 2.75) is 32.2 Å². The molecule has 1 amide bonds. The minimum Gasteiger partial charge on any atom is -0.481 e. The molecule has 2 N–H and O–H groups in total. The molecule has 0 radical (unpaired) electrons. The Morgan fingerprint density at radius 1 is 1.43 bits per heavy atom. The highest BCUT2D eigenvalue weighted by atomic mass is 16.4. The molecule has 0 spiro atoms. The van der Waals surface area contributed by atoms with Crippen LogP contribution in [0.1, 0.15) is 26.2 Å². The maximum absolute atomic E-state index is 11.0. The molecule has 2 atom stereocenters. The van der Waals surface area contributed by atoms with Crippen molar-refractivity contribution in [1.82, 2.24) is 5.32 Å². The summed E-state index contributed by atoms with van der Waals surface area (Å²) in [5.74, 6) is 3.46. The smallest absolute Gasteiger partial charge is 0.306 e. The molecule has 0 aliphatic heterocycles. The standard InChI is InChI=1S/C10H13NO3/c1-2-3-9(12)11-8-5-4-7(6-8)10(13)14/h7-8H,4-6H2,1H3,(H,11,12)(H,13,14)/t7-,8+/m0/s1. The van der Waals surface area contributed by atoms with Crippen LogP contribution in [0, 0.1) is 17.8 Å². The van der Waals surface area contributed by atoms with E-state index in [1.54, 1.807) is 6.92 Å². The fourth-order valence-electron chi connectivity index (χ4n) is 1.67. The van der Waals surface area contributed by atoms with E-state index in [1.807, 2.05) is 0 Å². The minimum absolute atomic E-state index is 0.0237. The highest BCUT2D eigenvalue weighted by molar-refractivity contribution is 5.93. The molecule has 0 saturated heterocycles. The fraction of sp³-hybridized carbons (Fsp3) is 0.600. The number of hydrogen-bond donors (Lipinski definition) is 2. The maximum Gasteiger partial charge on any atom is 0.306 e. The Labute approximate surface area is 82.7 Å². The van der Waals surface area contributed by atoms with Gasteiger partial charge in [0.2, 0.25) is 0 Å². The van der Waals surface area contributed by atoms with Gasteiger partial charge in [-0.3, -0.25) is 9.59 Å². The van der Waals surface area contributed by atoms with Crippen molar-refractivity contribution in [3.63, 3.8) is 0 Å². The van der Waals surface area contributed by atoms with Crippen molar-refractivity contribution < 1.29 is 14.7 Å². The number of hydrogen-bond acceptors (Lipinski definition) is 2. The molecule has 1 saturated carbocycles. The van der Waals surface area contributed by atoms with Gasteiger partial charge in [0.25, 0.3) is 5.91 Å². The van der Waals surface area contributed by atoms with E-state index in [0.717, 1.165) is 6.42 Å². The summed E-state index contributed by atoms with van der Waals surface area (Å²) in [5.41, 5.74) is 0. The van der Waals surface area contributed by atoms with Crippen molar-refractivity contribution >= 4 is 11.9 Å². The number of aliphatic carboxylic acids is 1. The predicted molar refractivity (Wildman–Crippen MR) is 50.4 cm³/mol. The number of nitrogens with one attached hydrogen (secondary N) is 1. The molecule has 0 aromatic rings.